The highest BCUT2D eigenvalue weighted by Crippen LogP contribution is 2.24. The van der Waals surface area contributed by atoms with Crippen LogP contribution >= 0.6 is 0 Å². The Labute approximate surface area is 86.8 Å². The van der Waals surface area contributed by atoms with Gasteiger partial charge in [0.1, 0.15) is 5.69 Å². The summed E-state index contributed by atoms with van der Waals surface area (Å²) in [5.41, 5.74) is 3.07. The van der Waals surface area contributed by atoms with E-state index in [1.807, 2.05) is 24.3 Å². The molecule has 1 N–H and O–H groups in total. The summed E-state index contributed by atoms with van der Waals surface area (Å²) in [5, 5.41) is 8.38. The molecule has 1 aromatic carbocycles. The first-order valence-electron chi connectivity index (χ1n) is 4.78. The van der Waals surface area contributed by atoms with Gasteiger partial charge in [-0.05, 0) is 6.07 Å². The molecule has 0 unspecified atom stereocenters. The zero-order valence-corrected chi connectivity index (χ0v) is 8.01. The Morgan fingerprint density at radius 1 is 1.00 bits per heavy atom. The third-order valence-corrected chi connectivity index (χ3v) is 2.41. The van der Waals surface area contributed by atoms with Crippen LogP contribution in [-0.2, 0) is 0 Å². The average Bonchev–Trinajstić information content (AvgIpc) is 2.74. The first-order valence-corrected chi connectivity index (χ1v) is 4.78. The molecule has 0 amide bonds. The van der Waals surface area contributed by atoms with Gasteiger partial charge in [-0.3, -0.25) is 10.1 Å². The van der Waals surface area contributed by atoms with Gasteiger partial charge in [-0.2, -0.15) is 5.10 Å². The van der Waals surface area contributed by atoms with E-state index in [0.29, 0.717) is 0 Å². The zero-order valence-electron chi connectivity index (χ0n) is 8.01. The number of hydrogen-bond acceptors (Lipinski definition) is 2. The molecule has 3 aromatic rings. The summed E-state index contributed by atoms with van der Waals surface area (Å²) in [6.07, 6.45) is 3.57. The van der Waals surface area contributed by atoms with Gasteiger partial charge in [-0.1, -0.05) is 30.3 Å². The molecule has 0 saturated carbocycles. The molecule has 0 aliphatic heterocycles. The van der Waals surface area contributed by atoms with Crippen molar-refractivity contribution in [3.05, 3.63) is 48.8 Å². The molecule has 0 spiro atoms. The van der Waals surface area contributed by atoms with E-state index in [1.165, 1.54) is 0 Å². The number of pyridine rings is 1. The number of nitrogens with one attached hydrogen (secondary N) is 1. The normalized spacial score (nSPS) is 10.7. The number of H-pyrrole nitrogens is 1. The Morgan fingerprint density at radius 3 is 2.73 bits per heavy atom. The fourth-order valence-corrected chi connectivity index (χ4v) is 1.68. The van der Waals surface area contributed by atoms with Crippen LogP contribution in [0.1, 0.15) is 0 Å². The van der Waals surface area contributed by atoms with E-state index < -0.39 is 0 Å². The number of aromatic amines is 1. The third kappa shape index (κ3) is 1.29. The van der Waals surface area contributed by atoms with Crippen LogP contribution in [0.2, 0.25) is 0 Å². The largest absolute Gasteiger partial charge is 0.276 e. The molecular weight excluding hydrogens is 186 g/mol. The van der Waals surface area contributed by atoms with E-state index in [1.54, 1.807) is 12.4 Å². The molecule has 3 rings (SSSR count). The lowest BCUT2D eigenvalue weighted by Gasteiger charge is -1.95. The summed E-state index contributed by atoms with van der Waals surface area (Å²) < 4.78 is 0. The van der Waals surface area contributed by atoms with Gasteiger partial charge < -0.3 is 0 Å². The van der Waals surface area contributed by atoms with Gasteiger partial charge in [0, 0.05) is 17.1 Å². The first-order chi connectivity index (χ1) is 7.45. The lowest BCUT2D eigenvalue weighted by Crippen LogP contribution is -1.77. The maximum Gasteiger partial charge on any atom is 0.100 e. The molecule has 0 fully saturated rings. The standard InChI is InChI=1S/C12H9N3/c1-2-4-9(5-3-1)12-10-6-7-13-8-11(10)14-15-12/h1-8H,(H,14,15). The summed E-state index contributed by atoms with van der Waals surface area (Å²) >= 11 is 0. The van der Waals surface area contributed by atoms with E-state index in [9.17, 15) is 0 Å². The molecule has 0 aliphatic rings. The summed E-state index contributed by atoms with van der Waals surface area (Å²) in [6.45, 7) is 0. The Balaban J connectivity index is 2.28. The molecule has 3 heteroatoms. The van der Waals surface area contributed by atoms with Crippen LogP contribution in [0.15, 0.2) is 48.8 Å². The Kier molecular flexibility index (Phi) is 1.75. The fraction of sp³-hybridized carbons (Fsp3) is 0. The molecular formula is C12H9N3. The second-order valence-corrected chi connectivity index (χ2v) is 3.36. The lowest BCUT2D eigenvalue weighted by molar-refractivity contribution is 1.12. The number of aromatic nitrogens is 3. The predicted octanol–water partition coefficient (Wildman–Crippen LogP) is 2.62. The van der Waals surface area contributed by atoms with Crippen molar-refractivity contribution in [1.82, 2.24) is 15.2 Å². The van der Waals surface area contributed by atoms with Crippen molar-refractivity contribution in [3.63, 3.8) is 0 Å². The quantitative estimate of drug-likeness (QED) is 0.648. The van der Waals surface area contributed by atoms with Gasteiger partial charge >= 0.3 is 0 Å². The molecule has 3 nitrogen and oxygen atoms in total. The van der Waals surface area contributed by atoms with Gasteiger partial charge in [0.15, 0.2) is 0 Å². The minimum atomic E-state index is 0.969. The van der Waals surface area contributed by atoms with E-state index >= 15 is 0 Å². The molecule has 0 bridgehead atoms. The van der Waals surface area contributed by atoms with Gasteiger partial charge in [-0.15, -0.1) is 0 Å². The minimum absolute atomic E-state index is 0.969. The molecule has 2 heterocycles. The number of rotatable bonds is 1. The molecule has 0 radical (unpaired) electrons. The highest BCUT2D eigenvalue weighted by atomic mass is 15.1. The van der Waals surface area contributed by atoms with Crippen molar-refractivity contribution in [2.24, 2.45) is 0 Å². The van der Waals surface area contributed by atoms with Crippen LogP contribution in [0.3, 0.4) is 0 Å². The van der Waals surface area contributed by atoms with Gasteiger partial charge in [0.25, 0.3) is 0 Å². The smallest absolute Gasteiger partial charge is 0.100 e. The van der Waals surface area contributed by atoms with E-state index in [2.05, 4.69) is 27.3 Å². The predicted molar refractivity (Wildman–Crippen MR) is 59.3 cm³/mol. The van der Waals surface area contributed by atoms with E-state index in [-0.39, 0.29) is 0 Å². The lowest BCUT2D eigenvalue weighted by atomic mass is 10.1. The monoisotopic (exact) mass is 195 g/mol. The molecule has 72 valence electrons. The van der Waals surface area contributed by atoms with Crippen molar-refractivity contribution < 1.29 is 0 Å². The fourth-order valence-electron chi connectivity index (χ4n) is 1.68. The van der Waals surface area contributed by atoms with Crippen molar-refractivity contribution >= 4 is 10.9 Å². The van der Waals surface area contributed by atoms with Crippen LogP contribution in [0.25, 0.3) is 22.2 Å². The minimum Gasteiger partial charge on any atom is -0.276 e. The van der Waals surface area contributed by atoms with Crippen molar-refractivity contribution in [1.29, 1.82) is 0 Å². The Bertz CT molecular complexity index is 584. The molecule has 0 saturated heterocycles. The number of benzene rings is 1. The molecule has 0 aliphatic carbocycles. The molecule has 2 aromatic heterocycles. The van der Waals surface area contributed by atoms with Crippen LogP contribution in [0.5, 0.6) is 0 Å². The maximum absolute atomic E-state index is 4.30. The van der Waals surface area contributed by atoms with Crippen molar-refractivity contribution in [3.8, 4) is 11.3 Å². The SMILES string of the molecule is c1ccc(-c2n[nH]c3cnccc23)cc1. The maximum atomic E-state index is 4.30. The van der Waals surface area contributed by atoms with Crippen LogP contribution < -0.4 is 0 Å². The first kappa shape index (κ1) is 8.17. The Hall–Kier alpha value is -2.16. The molecule has 15 heavy (non-hydrogen) atoms. The van der Waals surface area contributed by atoms with Crippen LogP contribution in [0.4, 0.5) is 0 Å². The van der Waals surface area contributed by atoms with Crippen LogP contribution in [-0.4, -0.2) is 15.2 Å². The Morgan fingerprint density at radius 2 is 1.87 bits per heavy atom. The molecule has 0 atom stereocenters. The second-order valence-electron chi connectivity index (χ2n) is 3.36. The number of nitrogens with zero attached hydrogens (tertiary/aromatic N) is 2. The van der Waals surface area contributed by atoms with Crippen molar-refractivity contribution in [2.45, 2.75) is 0 Å². The van der Waals surface area contributed by atoms with Crippen molar-refractivity contribution in [2.75, 3.05) is 0 Å². The highest BCUT2D eigenvalue weighted by molar-refractivity contribution is 5.92. The summed E-state index contributed by atoms with van der Waals surface area (Å²) in [4.78, 5) is 4.05. The van der Waals surface area contributed by atoms with Gasteiger partial charge in [0.2, 0.25) is 0 Å². The van der Waals surface area contributed by atoms with Crippen LogP contribution in [0, 0.1) is 0 Å². The van der Waals surface area contributed by atoms with Gasteiger partial charge in [0.05, 0.1) is 11.7 Å². The number of fused-ring (bicyclic) bond motifs is 1. The summed E-state index contributed by atoms with van der Waals surface area (Å²) in [6, 6.07) is 12.1. The van der Waals surface area contributed by atoms with Gasteiger partial charge in [-0.25, -0.2) is 0 Å². The zero-order chi connectivity index (χ0) is 10.1. The topological polar surface area (TPSA) is 41.6 Å². The van der Waals surface area contributed by atoms with E-state index in [0.717, 1.165) is 22.2 Å². The van der Waals surface area contributed by atoms with E-state index in [4.69, 9.17) is 0 Å². The summed E-state index contributed by atoms with van der Waals surface area (Å²) in [5.74, 6) is 0. The average molecular weight is 195 g/mol. The third-order valence-electron chi connectivity index (χ3n) is 2.41. The summed E-state index contributed by atoms with van der Waals surface area (Å²) in [7, 11) is 0. The second kappa shape index (κ2) is 3.20. The number of hydrogen-bond donors (Lipinski definition) is 1. The highest BCUT2D eigenvalue weighted by Gasteiger charge is 2.06.